The maximum atomic E-state index is 12.1. The van der Waals surface area contributed by atoms with E-state index in [1.54, 1.807) is 0 Å². The summed E-state index contributed by atoms with van der Waals surface area (Å²) in [6, 6.07) is 17.2. The molecule has 1 atom stereocenters. The van der Waals surface area contributed by atoms with Crippen molar-refractivity contribution >= 4 is 21.7 Å². The van der Waals surface area contributed by atoms with Crippen LogP contribution in [0.5, 0.6) is 5.75 Å². The highest BCUT2D eigenvalue weighted by Crippen LogP contribution is 2.64. The molecule has 0 aliphatic heterocycles. The van der Waals surface area contributed by atoms with E-state index in [1.807, 2.05) is 0 Å². The Morgan fingerprint density at radius 1 is 1.05 bits per heavy atom. The van der Waals surface area contributed by atoms with Crippen LogP contribution < -0.4 is 14.8 Å². The van der Waals surface area contributed by atoms with Crippen LogP contribution in [0.25, 0.3) is 11.1 Å². The molecule has 2 aliphatic carbocycles. The first kappa shape index (κ1) is 30.1. The van der Waals surface area contributed by atoms with Crippen molar-refractivity contribution < 1.29 is 22.7 Å². The number of rotatable bonds is 12. The summed E-state index contributed by atoms with van der Waals surface area (Å²) in [5.74, 6) is 0.943. The van der Waals surface area contributed by atoms with E-state index >= 15 is 0 Å². The molecule has 2 N–H and O–H groups in total. The number of hydrogen-bond donors (Lipinski definition) is 2. The van der Waals surface area contributed by atoms with Gasteiger partial charge in [0.25, 0.3) is 0 Å². The number of ether oxygens (including phenoxy) is 2. The Labute approximate surface area is 250 Å². The highest BCUT2D eigenvalue weighted by Gasteiger charge is 2.54. The molecule has 2 aliphatic rings. The molecule has 3 aromatic rings. The minimum Gasteiger partial charge on any atom is -0.494 e. The van der Waals surface area contributed by atoms with Gasteiger partial charge in [0.1, 0.15) is 5.75 Å². The van der Waals surface area contributed by atoms with Crippen molar-refractivity contribution in [3.05, 3.63) is 81.9 Å². The van der Waals surface area contributed by atoms with Crippen LogP contribution in [0.4, 0.5) is 5.69 Å². The maximum Gasteiger partial charge on any atom is 0.306 e. The monoisotopic (exact) mass is 590 g/mol. The third kappa shape index (κ3) is 6.65. The van der Waals surface area contributed by atoms with E-state index in [9.17, 15) is 13.2 Å². The molecule has 0 heterocycles. The minimum atomic E-state index is -3.18. The Morgan fingerprint density at radius 2 is 1.79 bits per heavy atom. The van der Waals surface area contributed by atoms with Gasteiger partial charge in [-0.3, -0.25) is 4.79 Å². The van der Waals surface area contributed by atoms with E-state index in [0.717, 1.165) is 41.8 Å². The average Bonchev–Trinajstić information content (AvgIpc) is 3.64. The first-order chi connectivity index (χ1) is 20.0. The van der Waals surface area contributed by atoms with Gasteiger partial charge < -0.3 is 14.8 Å². The van der Waals surface area contributed by atoms with Crippen molar-refractivity contribution in [3.63, 3.8) is 0 Å². The number of nitrogens with one attached hydrogen (secondary N) is 2. The van der Waals surface area contributed by atoms with E-state index in [4.69, 9.17) is 9.47 Å². The molecule has 1 unspecified atom stereocenters. The molecule has 5 rings (SSSR count). The third-order valence-corrected chi connectivity index (χ3v) is 9.68. The van der Waals surface area contributed by atoms with Crippen molar-refractivity contribution in [2.45, 2.75) is 65.3 Å². The molecule has 8 heteroatoms. The molecular formula is C34H42N2O5S. The van der Waals surface area contributed by atoms with Gasteiger partial charge in [-0.25, -0.2) is 13.1 Å². The second kappa shape index (κ2) is 12.1. The Kier molecular flexibility index (Phi) is 8.67. The average molecular weight is 591 g/mol. The summed E-state index contributed by atoms with van der Waals surface area (Å²) < 4.78 is 35.9. The van der Waals surface area contributed by atoms with Gasteiger partial charge in [0.2, 0.25) is 10.0 Å². The van der Waals surface area contributed by atoms with Crippen LogP contribution in [0.15, 0.2) is 48.5 Å². The molecule has 1 spiro atoms. The van der Waals surface area contributed by atoms with Crippen molar-refractivity contribution in [1.82, 2.24) is 4.72 Å². The fourth-order valence-electron chi connectivity index (χ4n) is 6.60. The number of esters is 1. The van der Waals surface area contributed by atoms with Crippen LogP contribution in [-0.4, -0.2) is 40.9 Å². The van der Waals surface area contributed by atoms with Gasteiger partial charge in [-0.05, 0) is 121 Å². The van der Waals surface area contributed by atoms with Crippen LogP contribution >= 0.6 is 0 Å². The lowest BCUT2D eigenvalue weighted by Crippen LogP contribution is -2.24. The molecule has 1 saturated carbocycles. The first-order valence-electron chi connectivity index (χ1n) is 14.7. The van der Waals surface area contributed by atoms with E-state index in [1.165, 1.54) is 53.3 Å². The zero-order valence-electron chi connectivity index (χ0n) is 25.3. The molecule has 7 nitrogen and oxygen atoms in total. The topological polar surface area (TPSA) is 93.7 Å². The smallest absolute Gasteiger partial charge is 0.306 e. The Bertz CT molecular complexity index is 1570. The normalized spacial score (nSPS) is 16.7. The number of benzene rings is 3. The molecule has 0 amide bonds. The van der Waals surface area contributed by atoms with E-state index in [0.29, 0.717) is 26.0 Å². The van der Waals surface area contributed by atoms with E-state index < -0.39 is 10.0 Å². The predicted molar refractivity (Wildman–Crippen MR) is 168 cm³/mol. The zero-order valence-corrected chi connectivity index (χ0v) is 26.1. The van der Waals surface area contributed by atoms with E-state index in [-0.39, 0.29) is 17.3 Å². The number of hydrogen-bond acceptors (Lipinski definition) is 6. The number of carbonyl (C=O) groups is 1. The standard InChI is InChI=1S/C34H42N2O5S/c1-22-16-28(41-15-7-14-36-42(5,38)39)17-23(2)33(22)29-9-6-8-25(24(29)3)21-35-27-10-11-30-26(18-27)20-34(12-13-34)31(30)19-32(37)40-4/h6,8-11,16-18,31,35-36H,7,12-15,19-21H2,1-5H3. The van der Waals surface area contributed by atoms with Crippen molar-refractivity contribution in [2.75, 3.05) is 31.8 Å². The lowest BCUT2D eigenvalue weighted by atomic mass is 9.87. The molecule has 0 bridgehead atoms. The second-order valence-corrected chi connectivity index (χ2v) is 13.9. The van der Waals surface area contributed by atoms with Crippen LogP contribution in [0, 0.1) is 26.2 Å². The first-order valence-corrected chi connectivity index (χ1v) is 16.6. The molecule has 224 valence electrons. The minimum absolute atomic E-state index is 0.121. The second-order valence-electron chi connectivity index (χ2n) is 12.0. The molecule has 0 aromatic heterocycles. The number of methoxy groups -OCH3 is 1. The fourth-order valence-corrected chi connectivity index (χ4v) is 7.11. The molecule has 3 aromatic carbocycles. The summed E-state index contributed by atoms with van der Waals surface area (Å²) in [6.45, 7) is 7.91. The van der Waals surface area contributed by atoms with Crippen molar-refractivity contribution in [3.8, 4) is 16.9 Å². The number of sulfonamides is 1. The van der Waals surface area contributed by atoms with Crippen LogP contribution in [-0.2, 0) is 32.5 Å². The summed E-state index contributed by atoms with van der Waals surface area (Å²) in [6.07, 6.45) is 5.65. The van der Waals surface area contributed by atoms with Gasteiger partial charge in [0.05, 0.1) is 26.4 Å². The van der Waals surface area contributed by atoms with Gasteiger partial charge in [0, 0.05) is 24.7 Å². The van der Waals surface area contributed by atoms with Gasteiger partial charge in [-0.1, -0.05) is 24.3 Å². The number of aryl methyl sites for hydroxylation is 2. The van der Waals surface area contributed by atoms with Crippen molar-refractivity contribution in [2.24, 2.45) is 5.41 Å². The Hall–Kier alpha value is -3.36. The fraction of sp³-hybridized carbons (Fsp3) is 0.441. The van der Waals surface area contributed by atoms with Gasteiger partial charge in [0.15, 0.2) is 0 Å². The third-order valence-electron chi connectivity index (χ3n) is 8.95. The molecule has 0 saturated heterocycles. The van der Waals surface area contributed by atoms with Gasteiger partial charge in [-0.15, -0.1) is 0 Å². The summed E-state index contributed by atoms with van der Waals surface area (Å²) >= 11 is 0. The highest BCUT2D eigenvalue weighted by molar-refractivity contribution is 7.88. The summed E-state index contributed by atoms with van der Waals surface area (Å²) in [7, 11) is -1.71. The summed E-state index contributed by atoms with van der Waals surface area (Å²) in [5, 5.41) is 3.65. The maximum absolute atomic E-state index is 12.1. The number of fused-ring (bicyclic) bond motifs is 1. The van der Waals surface area contributed by atoms with Crippen LogP contribution in [0.1, 0.15) is 65.0 Å². The number of anilines is 1. The zero-order chi connectivity index (χ0) is 30.1. The van der Waals surface area contributed by atoms with Crippen LogP contribution in [0.3, 0.4) is 0 Å². The SMILES string of the molecule is COC(=O)CC1c2ccc(NCc3cccc(-c4c(C)cc(OCCCNS(C)(=O)=O)cc4C)c3C)cc2CC12CC2. The van der Waals surface area contributed by atoms with Gasteiger partial charge in [-0.2, -0.15) is 0 Å². The Balaban J connectivity index is 1.26. The quantitative estimate of drug-likeness (QED) is 0.193. The number of carbonyl (C=O) groups excluding carboxylic acids is 1. The lowest BCUT2D eigenvalue weighted by molar-refractivity contribution is -0.141. The molecule has 1 fully saturated rings. The lowest BCUT2D eigenvalue weighted by Gasteiger charge is -2.19. The molecule has 42 heavy (non-hydrogen) atoms. The van der Waals surface area contributed by atoms with Crippen LogP contribution in [0.2, 0.25) is 0 Å². The highest BCUT2D eigenvalue weighted by atomic mass is 32.2. The molecular weight excluding hydrogens is 548 g/mol. The summed E-state index contributed by atoms with van der Waals surface area (Å²) in [4.78, 5) is 12.1. The predicted octanol–water partition coefficient (Wildman–Crippen LogP) is 6.19. The largest absolute Gasteiger partial charge is 0.494 e. The Morgan fingerprint density at radius 3 is 2.45 bits per heavy atom. The molecule has 0 radical (unpaired) electrons. The summed E-state index contributed by atoms with van der Waals surface area (Å²) in [5.41, 5.74) is 11.2. The van der Waals surface area contributed by atoms with E-state index in [2.05, 4.69) is 79.3 Å². The van der Waals surface area contributed by atoms with Crippen molar-refractivity contribution in [1.29, 1.82) is 0 Å². The van der Waals surface area contributed by atoms with Gasteiger partial charge >= 0.3 is 5.97 Å².